The lowest BCUT2D eigenvalue weighted by molar-refractivity contribution is 0.101. The van der Waals surface area contributed by atoms with Crippen molar-refractivity contribution in [2.75, 3.05) is 6.61 Å². The first-order valence-electron chi connectivity index (χ1n) is 8.85. The molecule has 26 heavy (non-hydrogen) atoms. The van der Waals surface area contributed by atoms with Gasteiger partial charge in [-0.05, 0) is 37.6 Å². The molecule has 4 nitrogen and oxygen atoms in total. The third-order valence-electron chi connectivity index (χ3n) is 4.08. The number of hydrogen-bond acceptors (Lipinski definition) is 5. The minimum absolute atomic E-state index is 0.0616. The smallest absolute Gasteiger partial charge is 0.159 e. The van der Waals surface area contributed by atoms with Crippen molar-refractivity contribution in [1.29, 1.82) is 0 Å². The number of carbonyl (C=O) groups is 1. The quantitative estimate of drug-likeness (QED) is 0.382. The van der Waals surface area contributed by atoms with Crippen LogP contribution in [-0.4, -0.2) is 22.6 Å². The Morgan fingerprint density at radius 1 is 0.923 bits per heavy atom. The van der Waals surface area contributed by atoms with Crippen LogP contribution in [0.1, 0.15) is 43.5 Å². The van der Waals surface area contributed by atoms with Crippen LogP contribution in [0.2, 0.25) is 0 Å². The van der Waals surface area contributed by atoms with Crippen molar-refractivity contribution in [3.05, 3.63) is 54.1 Å². The molecule has 0 aliphatic carbocycles. The molecular formula is C21H22N2O2S. The molecular weight excluding hydrogens is 344 g/mol. The number of carbonyl (C=O) groups excluding carboxylic acids is 1. The van der Waals surface area contributed by atoms with Crippen molar-refractivity contribution < 1.29 is 9.53 Å². The Hall–Kier alpha value is -2.53. The SMILES string of the molecule is CCCCCOc1ccc(-c2nnc(-c3ccc(C(C)=O)cc3)s2)cc1. The number of ether oxygens (including phenoxy) is 1. The summed E-state index contributed by atoms with van der Waals surface area (Å²) < 4.78 is 5.74. The fourth-order valence-electron chi connectivity index (χ4n) is 2.54. The van der Waals surface area contributed by atoms with Crippen molar-refractivity contribution in [2.45, 2.75) is 33.1 Å². The second-order valence-electron chi connectivity index (χ2n) is 6.13. The molecule has 134 valence electrons. The van der Waals surface area contributed by atoms with E-state index in [0.717, 1.165) is 39.9 Å². The van der Waals surface area contributed by atoms with Gasteiger partial charge in [-0.2, -0.15) is 0 Å². The van der Waals surface area contributed by atoms with E-state index in [9.17, 15) is 4.79 Å². The summed E-state index contributed by atoms with van der Waals surface area (Å²) in [5.74, 6) is 0.945. The summed E-state index contributed by atoms with van der Waals surface area (Å²) >= 11 is 1.54. The predicted molar refractivity (Wildman–Crippen MR) is 106 cm³/mol. The first-order chi connectivity index (χ1) is 12.7. The van der Waals surface area contributed by atoms with Crippen molar-refractivity contribution >= 4 is 17.1 Å². The molecule has 0 unspecified atom stereocenters. The number of nitrogens with zero attached hydrogens (tertiary/aromatic N) is 2. The second-order valence-corrected chi connectivity index (χ2v) is 7.10. The molecule has 0 saturated carbocycles. The molecule has 3 aromatic rings. The van der Waals surface area contributed by atoms with E-state index < -0.39 is 0 Å². The van der Waals surface area contributed by atoms with E-state index in [-0.39, 0.29) is 5.78 Å². The average Bonchev–Trinajstić information content (AvgIpc) is 3.16. The van der Waals surface area contributed by atoms with Crippen LogP contribution < -0.4 is 4.74 Å². The molecule has 1 aromatic heterocycles. The van der Waals surface area contributed by atoms with E-state index in [1.54, 1.807) is 6.92 Å². The number of aromatic nitrogens is 2. The Labute approximate surface area is 157 Å². The predicted octanol–water partition coefficient (Wildman–Crippen LogP) is 5.64. The van der Waals surface area contributed by atoms with Gasteiger partial charge in [-0.1, -0.05) is 55.4 Å². The van der Waals surface area contributed by atoms with Crippen molar-refractivity contribution in [3.8, 4) is 26.9 Å². The third-order valence-corrected chi connectivity index (χ3v) is 5.10. The van der Waals surface area contributed by atoms with Crippen LogP contribution in [0.25, 0.3) is 21.1 Å². The second kappa shape index (κ2) is 8.72. The van der Waals surface area contributed by atoms with Gasteiger partial charge in [0, 0.05) is 16.7 Å². The van der Waals surface area contributed by atoms with Crippen LogP contribution in [0.15, 0.2) is 48.5 Å². The average molecular weight is 366 g/mol. The van der Waals surface area contributed by atoms with Gasteiger partial charge in [0.15, 0.2) is 5.78 Å². The molecule has 0 N–H and O–H groups in total. The van der Waals surface area contributed by atoms with E-state index >= 15 is 0 Å². The summed E-state index contributed by atoms with van der Waals surface area (Å²) in [7, 11) is 0. The fourth-order valence-corrected chi connectivity index (χ4v) is 3.39. The van der Waals surface area contributed by atoms with Crippen LogP contribution >= 0.6 is 11.3 Å². The zero-order valence-electron chi connectivity index (χ0n) is 15.1. The first kappa shape index (κ1) is 18.3. The number of unbranched alkanes of at least 4 members (excludes halogenated alkanes) is 2. The van der Waals surface area contributed by atoms with Gasteiger partial charge in [-0.25, -0.2) is 0 Å². The number of hydrogen-bond donors (Lipinski definition) is 0. The summed E-state index contributed by atoms with van der Waals surface area (Å²) in [5.41, 5.74) is 2.69. The molecule has 0 spiro atoms. The molecule has 5 heteroatoms. The highest BCUT2D eigenvalue weighted by Crippen LogP contribution is 2.31. The summed E-state index contributed by atoms with van der Waals surface area (Å²) in [6.07, 6.45) is 3.47. The molecule has 0 aliphatic rings. The van der Waals surface area contributed by atoms with Crippen molar-refractivity contribution in [1.82, 2.24) is 10.2 Å². The van der Waals surface area contributed by atoms with Crippen LogP contribution in [0.5, 0.6) is 5.75 Å². The molecule has 1 heterocycles. The van der Waals surface area contributed by atoms with Gasteiger partial charge in [0.25, 0.3) is 0 Å². The van der Waals surface area contributed by atoms with Crippen LogP contribution in [0.4, 0.5) is 0 Å². The van der Waals surface area contributed by atoms with E-state index in [1.165, 1.54) is 24.2 Å². The summed E-state index contributed by atoms with van der Waals surface area (Å²) in [5, 5.41) is 10.3. The third kappa shape index (κ3) is 4.55. The molecule has 0 saturated heterocycles. The maximum Gasteiger partial charge on any atom is 0.159 e. The topological polar surface area (TPSA) is 52.1 Å². The van der Waals surface area contributed by atoms with Gasteiger partial charge in [0.05, 0.1) is 6.61 Å². The van der Waals surface area contributed by atoms with Crippen LogP contribution in [0.3, 0.4) is 0 Å². The highest BCUT2D eigenvalue weighted by Gasteiger charge is 2.09. The van der Waals surface area contributed by atoms with E-state index in [2.05, 4.69) is 17.1 Å². The minimum Gasteiger partial charge on any atom is -0.494 e. The van der Waals surface area contributed by atoms with E-state index in [4.69, 9.17) is 4.74 Å². The molecule has 0 fully saturated rings. The van der Waals surface area contributed by atoms with Crippen LogP contribution in [-0.2, 0) is 0 Å². The Kier molecular flexibility index (Phi) is 6.12. The molecule has 0 radical (unpaired) electrons. The molecule has 3 rings (SSSR count). The van der Waals surface area contributed by atoms with Gasteiger partial charge < -0.3 is 4.74 Å². The first-order valence-corrected chi connectivity index (χ1v) is 9.67. The zero-order valence-corrected chi connectivity index (χ0v) is 15.9. The highest BCUT2D eigenvalue weighted by molar-refractivity contribution is 7.17. The van der Waals surface area contributed by atoms with E-state index in [1.807, 2.05) is 48.5 Å². The standard InChI is InChI=1S/C21H22N2O2S/c1-3-4-5-14-25-19-12-10-18(11-13-19)21-23-22-20(26-21)17-8-6-16(7-9-17)15(2)24/h6-13H,3-5,14H2,1-2H3. The normalized spacial score (nSPS) is 10.7. The monoisotopic (exact) mass is 366 g/mol. The van der Waals surface area contributed by atoms with E-state index in [0.29, 0.717) is 5.56 Å². The zero-order chi connectivity index (χ0) is 18.4. The number of Topliss-reactive ketones (excluding diaryl/α,β-unsaturated/α-hetero) is 1. The van der Waals surface area contributed by atoms with Gasteiger partial charge in [-0.15, -0.1) is 10.2 Å². The van der Waals surface area contributed by atoms with Crippen molar-refractivity contribution in [3.63, 3.8) is 0 Å². The molecule has 0 bridgehead atoms. The van der Waals surface area contributed by atoms with Crippen LogP contribution in [0, 0.1) is 0 Å². The molecule has 2 aromatic carbocycles. The summed E-state index contributed by atoms with van der Waals surface area (Å²) in [6.45, 7) is 4.50. The van der Waals surface area contributed by atoms with Gasteiger partial charge >= 0.3 is 0 Å². The minimum atomic E-state index is 0.0616. The lowest BCUT2D eigenvalue weighted by atomic mass is 10.1. The Morgan fingerprint density at radius 2 is 1.50 bits per heavy atom. The van der Waals surface area contributed by atoms with Gasteiger partial charge in [-0.3, -0.25) is 4.79 Å². The Balaban J connectivity index is 1.68. The number of ketones is 1. The van der Waals surface area contributed by atoms with Crippen molar-refractivity contribution in [2.24, 2.45) is 0 Å². The Bertz CT molecular complexity index is 854. The number of benzene rings is 2. The molecule has 0 amide bonds. The lowest BCUT2D eigenvalue weighted by Crippen LogP contribution is -1.96. The van der Waals surface area contributed by atoms with Gasteiger partial charge in [0.1, 0.15) is 15.8 Å². The largest absolute Gasteiger partial charge is 0.494 e. The lowest BCUT2D eigenvalue weighted by Gasteiger charge is -2.05. The maximum atomic E-state index is 11.4. The molecule has 0 aliphatic heterocycles. The Morgan fingerprint density at radius 3 is 2.04 bits per heavy atom. The highest BCUT2D eigenvalue weighted by atomic mass is 32.1. The summed E-state index contributed by atoms with van der Waals surface area (Å²) in [4.78, 5) is 11.4. The molecule has 0 atom stereocenters. The summed E-state index contributed by atoms with van der Waals surface area (Å²) in [6, 6.07) is 15.4. The number of rotatable bonds is 8. The maximum absolute atomic E-state index is 11.4. The van der Waals surface area contributed by atoms with Gasteiger partial charge in [0.2, 0.25) is 0 Å². The fraction of sp³-hybridized carbons (Fsp3) is 0.286.